The molecule has 0 atom stereocenters. The molecule has 3 nitrogen and oxygen atoms in total. The van der Waals surface area contributed by atoms with E-state index in [9.17, 15) is 4.39 Å². The first kappa shape index (κ1) is 11.3. The van der Waals surface area contributed by atoms with Crippen molar-refractivity contribution < 1.29 is 4.39 Å². The summed E-state index contributed by atoms with van der Waals surface area (Å²) in [4.78, 5) is 7.63. The molecule has 0 aliphatic rings. The summed E-state index contributed by atoms with van der Waals surface area (Å²) < 4.78 is 14.1. The van der Waals surface area contributed by atoms with Crippen molar-refractivity contribution in [2.24, 2.45) is 0 Å². The zero-order valence-electron chi connectivity index (χ0n) is 7.92. The van der Waals surface area contributed by atoms with E-state index in [0.717, 1.165) is 0 Å². The minimum Gasteiger partial charge on any atom is -0.338 e. The highest BCUT2D eigenvalue weighted by Gasteiger charge is 2.04. The number of nitrogens with one attached hydrogen (secondary N) is 1. The lowest BCUT2D eigenvalue weighted by atomic mass is 10.3. The van der Waals surface area contributed by atoms with Gasteiger partial charge in [0.15, 0.2) is 0 Å². The molecule has 0 aliphatic carbocycles. The molecule has 0 radical (unpaired) electrons. The molecule has 0 amide bonds. The van der Waals surface area contributed by atoms with Crippen LogP contribution < -0.4 is 5.32 Å². The third-order valence-electron chi connectivity index (χ3n) is 1.82. The van der Waals surface area contributed by atoms with Gasteiger partial charge in [0.2, 0.25) is 5.28 Å². The van der Waals surface area contributed by atoms with E-state index in [4.69, 9.17) is 11.6 Å². The number of aromatic nitrogens is 2. The first-order valence-corrected chi connectivity index (χ1v) is 5.53. The smallest absolute Gasteiger partial charge is 0.224 e. The summed E-state index contributed by atoms with van der Waals surface area (Å²) in [6, 6.07) is 6.31. The molecule has 2 aromatic rings. The summed E-state index contributed by atoms with van der Waals surface area (Å²) in [7, 11) is 0. The van der Waals surface area contributed by atoms with Crippen LogP contribution in [-0.2, 0) is 0 Å². The van der Waals surface area contributed by atoms with Crippen LogP contribution in [0.4, 0.5) is 15.9 Å². The van der Waals surface area contributed by atoms with Gasteiger partial charge in [-0.1, -0.05) is 15.9 Å². The van der Waals surface area contributed by atoms with E-state index in [-0.39, 0.29) is 11.1 Å². The van der Waals surface area contributed by atoms with Crippen LogP contribution in [0.1, 0.15) is 0 Å². The number of hydrogen-bond donors (Lipinski definition) is 1. The normalized spacial score (nSPS) is 10.2. The summed E-state index contributed by atoms with van der Waals surface area (Å²) in [6.45, 7) is 0. The molecule has 1 aromatic carbocycles. The summed E-state index contributed by atoms with van der Waals surface area (Å²) in [5, 5.41) is 2.92. The first-order chi connectivity index (χ1) is 7.65. The third-order valence-corrected chi connectivity index (χ3v) is 2.50. The zero-order chi connectivity index (χ0) is 11.5. The Morgan fingerprint density at radius 3 is 2.81 bits per heavy atom. The highest BCUT2D eigenvalue weighted by Crippen LogP contribution is 2.22. The maximum atomic E-state index is 13.5. The van der Waals surface area contributed by atoms with Crippen molar-refractivity contribution in [2.45, 2.75) is 0 Å². The van der Waals surface area contributed by atoms with Crippen LogP contribution in [0.5, 0.6) is 0 Å². The second kappa shape index (κ2) is 4.76. The van der Waals surface area contributed by atoms with Gasteiger partial charge < -0.3 is 5.32 Å². The third kappa shape index (κ3) is 2.68. The minimum absolute atomic E-state index is 0.113. The van der Waals surface area contributed by atoms with Crippen molar-refractivity contribution >= 4 is 39.0 Å². The Bertz CT molecular complexity index is 521. The number of benzene rings is 1. The molecule has 0 saturated heterocycles. The fraction of sp³-hybridized carbons (Fsp3) is 0. The van der Waals surface area contributed by atoms with Crippen LogP contribution in [0.2, 0.25) is 5.28 Å². The van der Waals surface area contributed by atoms with Crippen molar-refractivity contribution in [2.75, 3.05) is 5.32 Å². The van der Waals surface area contributed by atoms with E-state index >= 15 is 0 Å². The van der Waals surface area contributed by atoms with Gasteiger partial charge in [0.25, 0.3) is 0 Å². The summed E-state index contributed by atoms with van der Waals surface area (Å²) in [5.74, 6) is 0.0744. The molecule has 82 valence electrons. The van der Waals surface area contributed by atoms with Crippen molar-refractivity contribution in [3.8, 4) is 0 Å². The van der Waals surface area contributed by atoms with Crippen molar-refractivity contribution in [1.29, 1.82) is 0 Å². The number of rotatable bonds is 2. The average Bonchev–Trinajstić information content (AvgIpc) is 2.22. The molecule has 16 heavy (non-hydrogen) atoms. The lowest BCUT2D eigenvalue weighted by Gasteiger charge is -2.06. The number of halogens is 3. The van der Waals surface area contributed by atoms with Crippen LogP contribution in [0, 0.1) is 5.82 Å². The van der Waals surface area contributed by atoms with Gasteiger partial charge in [0.05, 0.1) is 5.69 Å². The van der Waals surface area contributed by atoms with Crippen LogP contribution >= 0.6 is 27.5 Å². The molecule has 1 N–H and O–H groups in total. The Morgan fingerprint density at radius 1 is 1.31 bits per heavy atom. The predicted octanol–water partition coefficient (Wildman–Crippen LogP) is 3.78. The van der Waals surface area contributed by atoms with E-state index in [1.807, 2.05) is 0 Å². The Morgan fingerprint density at radius 2 is 2.12 bits per heavy atom. The van der Waals surface area contributed by atoms with Crippen LogP contribution in [0.15, 0.2) is 34.9 Å². The molecular formula is C10H6BrClFN3. The zero-order valence-corrected chi connectivity index (χ0v) is 10.3. The van der Waals surface area contributed by atoms with Crippen LogP contribution in [0.25, 0.3) is 0 Å². The largest absolute Gasteiger partial charge is 0.338 e. The molecular weight excluding hydrogens is 296 g/mol. The second-order valence-corrected chi connectivity index (χ2v) is 4.21. The van der Waals surface area contributed by atoms with Gasteiger partial charge in [0.1, 0.15) is 11.6 Å². The highest BCUT2D eigenvalue weighted by atomic mass is 79.9. The van der Waals surface area contributed by atoms with Gasteiger partial charge in [-0.05, 0) is 35.9 Å². The van der Waals surface area contributed by atoms with Crippen molar-refractivity contribution in [3.63, 3.8) is 0 Å². The molecule has 0 unspecified atom stereocenters. The SMILES string of the molecule is Fc1cc(Br)ccc1Nc1ccnc(Cl)n1. The van der Waals surface area contributed by atoms with Crippen molar-refractivity contribution in [1.82, 2.24) is 9.97 Å². The Labute approximate surface area is 105 Å². The summed E-state index contributed by atoms with van der Waals surface area (Å²) in [6.07, 6.45) is 1.49. The monoisotopic (exact) mass is 301 g/mol. The molecule has 6 heteroatoms. The maximum absolute atomic E-state index is 13.5. The average molecular weight is 303 g/mol. The Balaban J connectivity index is 2.27. The van der Waals surface area contributed by atoms with Crippen LogP contribution in [-0.4, -0.2) is 9.97 Å². The summed E-state index contributed by atoms with van der Waals surface area (Å²) >= 11 is 8.79. The van der Waals surface area contributed by atoms with Crippen molar-refractivity contribution in [3.05, 3.63) is 46.0 Å². The van der Waals surface area contributed by atoms with Gasteiger partial charge in [-0.15, -0.1) is 0 Å². The molecule has 0 saturated carbocycles. The molecule has 1 heterocycles. The van der Waals surface area contributed by atoms with E-state index in [1.54, 1.807) is 18.2 Å². The lowest BCUT2D eigenvalue weighted by Crippen LogP contribution is -1.96. The van der Waals surface area contributed by atoms with Gasteiger partial charge in [-0.3, -0.25) is 0 Å². The topological polar surface area (TPSA) is 37.8 Å². The van der Waals surface area contributed by atoms with E-state index in [1.165, 1.54) is 12.3 Å². The molecule has 0 fully saturated rings. The molecule has 0 spiro atoms. The van der Waals surface area contributed by atoms with Gasteiger partial charge >= 0.3 is 0 Å². The van der Waals surface area contributed by atoms with Gasteiger partial charge in [-0.2, -0.15) is 0 Å². The second-order valence-electron chi connectivity index (χ2n) is 2.96. The summed E-state index contributed by atoms with van der Waals surface area (Å²) in [5.41, 5.74) is 0.331. The van der Waals surface area contributed by atoms with Gasteiger partial charge in [0, 0.05) is 10.7 Å². The van der Waals surface area contributed by atoms with E-state index in [0.29, 0.717) is 16.0 Å². The number of nitrogens with zero attached hydrogens (tertiary/aromatic N) is 2. The number of hydrogen-bond acceptors (Lipinski definition) is 3. The van der Waals surface area contributed by atoms with Crippen LogP contribution in [0.3, 0.4) is 0 Å². The fourth-order valence-electron chi connectivity index (χ4n) is 1.13. The van der Waals surface area contributed by atoms with Gasteiger partial charge in [-0.25, -0.2) is 14.4 Å². The molecule has 2 rings (SSSR count). The maximum Gasteiger partial charge on any atom is 0.224 e. The lowest BCUT2D eigenvalue weighted by molar-refractivity contribution is 0.631. The predicted molar refractivity (Wildman–Crippen MR) is 64.4 cm³/mol. The Hall–Kier alpha value is -1.20. The highest BCUT2D eigenvalue weighted by molar-refractivity contribution is 9.10. The quantitative estimate of drug-likeness (QED) is 0.858. The molecule has 0 aliphatic heterocycles. The molecule has 1 aromatic heterocycles. The Kier molecular flexibility index (Phi) is 3.36. The first-order valence-electron chi connectivity index (χ1n) is 4.36. The fourth-order valence-corrected chi connectivity index (χ4v) is 1.61. The standard InChI is InChI=1S/C10H6BrClFN3/c11-6-1-2-8(7(13)5-6)15-9-3-4-14-10(12)16-9/h1-5H,(H,14,15,16). The minimum atomic E-state index is -0.371. The molecule has 0 bridgehead atoms. The van der Waals surface area contributed by atoms with E-state index in [2.05, 4.69) is 31.2 Å². The van der Waals surface area contributed by atoms with E-state index < -0.39 is 0 Å². The number of anilines is 2.